The summed E-state index contributed by atoms with van der Waals surface area (Å²) in [7, 11) is 0. The Balaban J connectivity index is 1.34. The normalized spacial score (nSPS) is 17.8. The summed E-state index contributed by atoms with van der Waals surface area (Å²) in [6.45, 7) is 5.91. The zero-order valence-electron chi connectivity index (χ0n) is 17.9. The van der Waals surface area contributed by atoms with Gasteiger partial charge in [-0.3, -0.25) is 9.80 Å². The Morgan fingerprint density at radius 3 is 2.58 bits per heavy atom. The summed E-state index contributed by atoms with van der Waals surface area (Å²) in [5.41, 5.74) is 3.00. The lowest BCUT2D eigenvalue weighted by atomic mass is 9.74. The van der Waals surface area contributed by atoms with Crippen molar-refractivity contribution < 1.29 is 9.18 Å². The summed E-state index contributed by atoms with van der Waals surface area (Å²) in [5.74, 6) is -0.227. The maximum absolute atomic E-state index is 14.1. The van der Waals surface area contributed by atoms with Crippen LogP contribution in [-0.4, -0.2) is 37.1 Å². The number of likely N-dealkylation sites (tertiary alicyclic amines) is 1. The molecule has 0 atom stereocenters. The lowest BCUT2D eigenvalue weighted by Crippen LogP contribution is -2.47. The van der Waals surface area contributed by atoms with Crippen LogP contribution in [0.15, 0.2) is 60.7 Å². The third kappa shape index (κ3) is 3.68. The number of rotatable bonds is 3. The fourth-order valence-electron chi connectivity index (χ4n) is 5.23. The molecule has 2 aliphatic rings. The summed E-state index contributed by atoms with van der Waals surface area (Å²) in [6.07, 6.45) is 1.85. The molecule has 0 aromatic heterocycles. The molecule has 5 heteroatoms. The van der Waals surface area contributed by atoms with E-state index in [1.807, 2.05) is 6.92 Å². The summed E-state index contributed by atoms with van der Waals surface area (Å²) in [5, 5.41) is 5.44. The van der Waals surface area contributed by atoms with Crippen molar-refractivity contribution in [3.8, 4) is 0 Å². The zero-order valence-corrected chi connectivity index (χ0v) is 17.9. The molecule has 3 aromatic carbocycles. The van der Waals surface area contributed by atoms with Crippen molar-refractivity contribution in [2.45, 2.75) is 31.7 Å². The number of hydrogen-bond acceptors (Lipinski definition) is 2. The number of fused-ring (bicyclic) bond motifs is 3. The Morgan fingerprint density at radius 1 is 1.03 bits per heavy atom. The van der Waals surface area contributed by atoms with E-state index in [2.05, 4.69) is 52.7 Å². The van der Waals surface area contributed by atoms with Gasteiger partial charge < -0.3 is 5.32 Å². The van der Waals surface area contributed by atoms with E-state index in [1.54, 1.807) is 17.0 Å². The van der Waals surface area contributed by atoms with Gasteiger partial charge in [0.25, 0.3) is 0 Å². The molecule has 1 saturated heterocycles. The number of carbonyl (C=O) groups excluding carboxylic acids is 1. The molecule has 0 saturated carbocycles. The molecule has 1 spiro atoms. The number of benzene rings is 3. The first kappa shape index (κ1) is 20.0. The Bertz CT molecular complexity index is 1120. The van der Waals surface area contributed by atoms with E-state index in [0.29, 0.717) is 13.1 Å². The van der Waals surface area contributed by atoms with Crippen molar-refractivity contribution in [3.05, 3.63) is 77.6 Å². The quantitative estimate of drug-likeness (QED) is 0.646. The van der Waals surface area contributed by atoms with Crippen molar-refractivity contribution in [3.63, 3.8) is 0 Å². The van der Waals surface area contributed by atoms with E-state index in [1.165, 1.54) is 22.4 Å². The van der Waals surface area contributed by atoms with Gasteiger partial charge in [-0.2, -0.15) is 0 Å². The highest BCUT2D eigenvalue weighted by atomic mass is 19.1. The van der Waals surface area contributed by atoms with E-state index in [9.17, 15) is 9.18 Å². The monoisotopic (exact) mass is 417 g/mol. The fraction of sp³-hybridized carbons (Fsp3) is 0.346. The third-order valence-corrected chi connectivity index (χ3v) is 6.89. The van der Waals surface area contributed by atoms with Gasteiger partial charge in [0.2, 0.25) is 0 Å². The smallest absolute Gasteiger partial charge is 0.321 e. The predicted molar refractivity (Wildman–Crippen MR) is 123 cm³/mol. The molecule has 0 aliphatic carbocycles. The predicted octanol–water partition coefficient (Wildman–Crippen LogP) is 5.06. The summed E-state index contributed by atoms with van der Waals surface area (Å²) in [6, 6.07) is 19.9. The van der Waals surface area contributed by atoms with Crippen LogP contribution < -0.4 is 10.2 Å². The highest BCUT2D eigenvalue weighted by Gasteiger charge is 2.46. The molecule has 0 unspecified atom stereocenters. The van der Waals surface area contributed by atoms with E-state index in [-0.39, 0.29) is 17.3 Å². The van der Waals surface area contributed by atoms with Gasteiger partial charge >= 0.3 is 6.03 Å². The van der Waals surface area contributed by atoms with Crippen LogP contribution in [0, 0.1) is 5.82 Å². The number of urea groups is 1. The first-order valence-corrected chi connectivity index (χ1v) is 11.1. The summed E-state index contributed by atoms with van der Waals surface area (Å²) >= 11 is 0. The van der Waals surface area contributed by atoms with Crippen LogP contribution in [0.25, 0.3) is 10.8 Å². The number of piperidine rings is 1. The van der Waals surface area contributed by atoms with Crippen LogP contribution in [-0.2, 0) is 12.0 Å². The van der Waals surface area contributed by atoms with Crippen LogP contribution in [0.3, 0.4) is 0 Å². The number of nitrogens with zero attached hydrogens (tertiary/aromatic N) is 2. The summed E-state index contributed by atoms with van der Waals surface area (Å²) < 4.78 is 14.1. The van der Waals surface area contributed by atoms with Crippen molar-refractivity contribution in [1.82, 2.24) is 10.2 Å². The first-order chi connectivity index (χ1) is 15.1. The van der Waals surface area contributed by atoms with Crippen molar-refractivity contribution >= 4 is 22.5 Å². The minimum atomic E-state index is -0.227. The molecular weight excluding hydrogens is 389 g/mol. The average molecular weight is 418 g/mol. The van der Waals surface area contributed by atoms with Gasteiger partial charge in [-0.15, -0.1) is 0 Å². The number of carbonyl (C=O) groups is 1. The standard InChI is InChI=1S/C26H28FN3O/c1-2-28-25(31)30-18-26(23-16-22(27)9-10-24(23)30)11-13-29(14-12-26)17-19-7-8-20-5-3-4-6-21(20)15-19/h3-10,15-16H,2,11-14,17-18H2,1H3,(H,28,31). The van der Waals surface area contributed by atoms with E-state index in [4.69, 9.17) is 0 Å². The molecule has 2 heterocycles. The third-order valence-electron chi connectivity index (χ3n) is 6.89. The number of anilines is 1. The maximum atomic E-state index is 14.1. The fourth-order valence-corrected chi connectivity index (χ4v) is 5.23. The second kappa shape index (κ2) is 7.97. The van der Waals surface area contributed by atoms with Crippen LogP contribution in [0.4, 0.5) is 14.9 Å². The Kier molecular flexibility index (Phi) is 5.14. The molecule has 3 aromatic rings. The SMILES string of the molecule is CCNC(=O)N1CC2(CCN(Cc3ccc4ccccc4c3)CC2)c2cc(F)ccc21. The van der Waals surface area contributed by atoms with Crippen LogP contribution in [0.5, 0.6) is 0 Å². The number of amides is 2. The zero-order chi connectivity index (χ0) is 21.4. The molecule has 0 bridgehead atoms. The minimum Gasteiger partial charge on any atom is -0.338 e. The molecule has 4 nitrogen and oxygen atoms in total. The molecule has 31 heavy (non-hydrogen) atoms. The summed E-state index contributed by atoms with van der Waals surface area (Å²) in [4.78, 5) is 16.9. The van der Waals surface area contributed by atoms with Gasteiger partial charge in [0.1, 0.15) is 5.82 Å². The molecule has 1 N–H and O–H groups in total. The Morgan fingerprint density at radius 2 is 1.81 bits per heavy atom. The van der Waals surface area contributed by atoms with Gasteiger partial charge in [0.05, 0.1) is 0 Å². The molecule has 2 aliphatic heterocycles. The van der Waals surface area contributed by atoms with Gasteiger partial charge in [0, 0.05) is 30.7 Å². The van der Waals surface area contributed by atoms with Crippen LogP contribution >= 0.6 is 0 Å². The molecule has 160 valence electrons. The number of halogens is 1. The van der Waals surface area contributed by atoms with Crippen molar-refractivity contribution in [2.75, 3.05) is 31.1 Å². The molecule has 0 radical (unpaired) electrons. The van der Waals surface area contributed by atoms with Gasteiger partial charge in [-0.05, 0) is 79.0 Å². The lowest BCUT2D eigenvalue weighted by Gasteiger charge is -2.40. The molecule has 2 amide bonds. The lowest BCUT2D eigenvalue weighted by molar-refractivity contribution is 0.159. The molecule has 5 rings (SSSR count). The maximum Gasteiger partial charge on any atom is 0.321 e. The van der Waals surface area contributed by atoms with E-state index >= 15 is 0 Å². The van der Waals surface area contributed by atoms with E-state index < -0.39 is 0 Å². The van der Waals surface area contributed by atoms with E-state index in [0.717, 1.165) is 43.7 Å². The van der Waals surface area contributed by atoms with Gasteiger partial charge in [-0.1, -0.05) is 36.4 Å². The van der Waals surface area contributed by atoms with Crippen LogP contribution in [0.1, 0.15) is 30.9 Å². The topological polar surface area (TPSA) is 35.6 Å². The Hall–Kier alpha value is -2.92. The first-order valence-electron chi connectivity index (χ1n) is 11.1. The highest BCUT2D eigenvalue weighted by molar-refractivity contribution is 5.95. The largest absolute Gasteiger partial charge is 0.338 e. The minimum absolute atomic E-state index is 0.0918. The van der Waals surface area contributed by atoms with Gasteiger partial charge in [-0.25, -0.2) is 9.18 Å². The Labute approximate surface area is 182 Å². The number of hydrogen-bond donors (Lipinski definition) is 1. The number of nitrogens with one attached hydrogen (secondary N) is 1. The van der Waals surface area contributed by atoms with Crippen molar-refractivity contribution in [2.24, 2.45) is 0 Å². The van der Waals surface area contributed by atoms with Crippen LogP contribution in [0.2, 0.25) is 0 Å². The van der Waals surface area contributed by atoms with Crippen molar-refractivity contribution in [1.29, 1.82) is 0 Å². The highest BCUT2D eigenvalue weighted by Crippen LogP contribution is 2.47. The molecular formula is C26H28FN3O. The second-order valence-corrected chi connectivity index (χ2v) is 8.82. The second-order valence-electron chi connectivity index (χ2n) is 8.82. The average Bonchev–Trinajstić information content (AvgIpc) is 3.09. The molecule has 1 fully saturated rings. The van der Waals surface area contributed by atoms with Gasteiger partial charge in [0.15, 0.2) is 0 Å².